The monoisotopic (exact) mass is 240 g/mol. The predicted octanol–water partition coefficient (Wildman–Crippen LogP) is 0.474. The van der Waals surface area contributed by atoms with Gasteiger partial charge in [0.15, 0.2) is 0 Å². The number of carbonyl (C=O) groups is 2. The van der Waals surface area contributed by atoms with Crippen LogP contribution < -0.4 is 5.32 Å². The van der Waals surface area contributed by atoms with Gasteiger partial charge in [0.1, 0.15) is 6.54 Å². The number of hydrogen-bond donors (Lipinski definition) is 2. The van der Waals surface area contributed by atoms with Gasteiger partial charge in [0.2, 0.25) is 5.91 Å². The second kappa shape index (κ2) is 6.39. The summed E-state index contributed by atoms with van der Waals surface area (Å²) in [6.07, 6.45) is 3.11. The first kappa shape index (κ1) is 13.7. The maximum atomic E-state index is 12.2. The molecule has 0 aromatic rings. The van der Waals surface area contributed by atoms with Crippen molar-refractivity contribution in [1.29, 1.82) is 0 Å². The van der Waals surface area contributed by atoms with Gasteiger partial charge in [0.05, 0.1) is 0 Å². The number of aliphatic carboxylic acids is 1. The molecule has 2 atom stereocenters. The summed E-state index contributed by atoms with van der Waals surface area (Å²) in [5.74, 6) is -1.12. The number of hydrogen-bond acceptors (Lipinski definition) is 3. The van der Waals surface area contributed by atoms with Crippen molar-refractivity contribution >= 4 is 11.9 Å². The molecule has 0 aromatic heterocycles. The molecule has 0 aliphatic carbocycles. The third-order valence-corrected chi connectivity index (χ3v) is 2.96. The average molecular weight is 240 g/mol. The summed E-state index contributed by atoms with van der Waals surface area (Å²) < 4.78 is 0. The Morgan fingerprint density at radius 3 is 2.82 bits per heavy atom. The van der Waals surface area contributed by atoms with Crippen molar-refractivity contribution in [3.8, 4) is 0 Å². The van der Waals surface area contributed by atoms with Crippen molar-refractivity contribution in [2.75, 3.05) is 19.6 Å². The standard InChI is InChI=1S/C12H20N2O3/c1-3-6-14(8-11(15)16)12(17)10-4-5-13-9(2)7-10/h3,9-10,13H,1,4-8H2,2H3,(H,15,16). The molecule has 2 unspecified atom stereocenters. The molecule has 2 N–H and O–H groups in total. The first-order valence-electron chi connectivity index (χ1n) is 5.89. The van der Waals surface area contributed by atoms with Gasteiger partial charge >= 0.3 is 5.97 Å². The summed E-state index contributed by atoms with van der Waals surface area (Å²) in [7, 11) is 0. The number of rotatable bonds is 5. The molecule has 0 spiro atoms. The fraction of sp³-hybridized carbons (Fsp3) is 0.667. The van der Waals surface area contributed by atoms with E-state index < -0.39 is 5.97 Å². The quantitative estimate of drug-likeness (QED) is 0.686. The van der Waals surface area contributed by atoms with Gasteiger partial charge in [-0.25, -0.2) is 0 Å². The lowest BCUT2D eigenvalue weighted by Gasteiger charge is -2.31. The molecule has 5 heteroatoms. The molecule has 1 fully saturated rings. The number of carboxylic acid groups (broad SMARTS) is 1. The second-order valence-electron chi connectivity index (χ2n) is 4.48. The number of carbonyl (C=O) groups excluding carboxylic acids is 1. The van der Waals surface area contributed by atoms with Crippen LogP contribution in [0.1, 0.15) is 19.8 Å². The zero-order valence-corrected chi connectivity index (χ0v) is 10.2. The Morgan fingerprint density at radius 1 is 1.59 bits per heavy atom. The van der Waals surface area contributed by atoms with Crippen LogP contribution in [-0.4, -0.2) is 47.6 Å². The molecule has 0 bridgehead atoms. The van der Waals surface area contributed by atoms with Crippen LogP contribution in [-0.2, 0) is 9.59 Å². The summed E-state index contributed by atoms with van der Waals surface area (Å²) in [4.78, 5) is 24.2. The molecule has 0 radical (unpaired) electrons. The molecule has 1 heterocycles. The van der Waals surface area contributed by atoms with Crippen LogP contribution in [0, 0.1) is 5.92 Å². The molecule has 1 amide bonds. The van der Waals surface area contributed by atoms with E-state index in [9.17, 15) is 9.59 Å². The van der Waals surface area contributed by atoms with E-state index in [0.29, 0.717) is 12.6 Å². The maximum Gasteiger partial charge on any atom is 0.323 e. The fourth-order valence-electron chi connectivity index (χ4n) is 2.17. The van der Waals surface area contributed by atoms with Crippen molar-refractivity contribution in [3.63, 3.8) is 0 Å². The lowest BCUT2D eigenvalue weighted by Crippen LogP contribution is -2.45. The molecule has 0 saturated carbocycles. The Kier molecular flexibility index (Phi) is 5.15. The summed E-state index contributed by atoms with van der Waals surface area (Å²) in [6, 6.07) is 0.313. The van der Waals surface area contributed by atoms with Gasteiger partial charge in [-0.1, -0.05) is 6.08 Å². The van der Waals surface area contributed by atoms with Gasteiger partial charge in [-0.05, 0) is 26.3 Å². The normalized spacial score (nSPS) is 24.1. The summed E-state index contributed by atoms with van der Waals surface area (Å²) in [5.41, 5.74) is 0. The zero-order chi connectivity index (χ0) is 12.8. The summed E-state index contributed by atoms with van der Waals surface area (Å²) in [6.45, 7) is 6.45. The van der Waals surface area contributed by atoms with E-state index in [0.717, 1.165) is 19.4 Å². The van der Waals surface area contributed by atoms with E-state index in [2.05, 4.69) is 11.9 Å². The second-order valence-corrected chi connectivity index (χ2v) is 4.48. The Morgan fingerprint density at radius 2 is 2.29 bits per heavy atom. The minimum Gasteiger partial charge on any atom is -0.480 e. The fourth-order valence-corrected chi connectivity index (χ4v) is 2.17. The van der Waals surface area contributed by atoms with Crippen LogP contribution in [0.25, 0.3) is 0 Å². The van der Waals surface area contributed by atoms with Crippen LogP contribution in [0.15, 0.2) is 12.7 Å². The highest BCUT2D eigenvalue weighted by atomic mass is 16.4. The number of carboxylic acids is 1. The van der Waals surface area contributed by atoms with Crippen molar-refractivity contribution in [2.24, 2.45) is 5.92 Å². The van der Waals surface area contributed by atoms with Gasteiger partial charge in [-0.2, -0.15) is 0 Å². The van der Waals surface area contributed by atoms with Gasteiger partial charge in [0.25, 0.3) is 0 Å². The summed E-state index contributed by atoms with van der Waals surface area (Å²) >= 11 is 0. The molecule has 17 heavy (non-hydrogen) atoms. The Balaban J connectivity index is 2.62. The number of piperidine rings is 1. The van der Waals surface area contributed by atoms with Crippen LogP contribution in [0.3, 0.4) is 0 Å². The first-order valence-corrected chi connectivity index (χ1v) is 5.89. The van der Waals surface area contributed by atoms with Gasteiger partial charge in [-0.15, -0.1) is 6.58 Å². The summed E-state index contributed by atoms with van der Waals surface area (Å²) in [5, 5.41) is 12.0. The Hall–Kier alpha value is -1.36. The first-order chi connectivity index (χ1) is 8.04. The van der Waals surface area contributed by atoms with E-state index >= 15 is 0 Å². The minimum atomic E-state index is -0.984. The molecule has 0 aromatic carbocycles. The molecule has 5 nitrogen and oxygen atoms in total. The molecule has 1 saturated heterocycles. The number of nitrogens with zero attached hydrogens (tertiary/aromatic N) is 1. The van der Waals surface area contributed by atoms with Crippen LogP contribution in [0.5, 0.6) is 0 Å². The molecule has 96 valence electrons. The lowest BCUT2D eigenvalue weighted by atomic mass is 9.92. The average Bonchev–Trinajstić information content (AvgIpc) is 2.27. The molecular formula is C12H20N2O3. The molecule has 1 rings (SSSR count). The van der Waals surface area contributed by atoms with Gasteiger partial charge < -0.3 is 15.3 Å². The molecular weight excluding hydrogens is 220 g/mol. The van der Waals surface area contributed by atoms with Crippen LogP contribution in [0.4, 0.5) is 0 Å². The highest BCUT2D eigenvalue weighted by Crippen LogP contribution is 2.18. The third-order valence-electron chi connectivity index (χ3n) is 2.96. The third kappa shape index (κ3) is 4.19. The van der Waals surface area contributed by atoms with Crippen LogP contribution in [0.2, 0.25) is 0 Å². The van der Waals surface area contributed by atoms with E-state index in [4.69, 9.17) is 5.11 Å². The van der Waals surface area contributed by atoms with Crippen molar-refractivity contribution in [3.05, 3.63) is 12.7 Å². The topological polar surface area (TPSA) is 69.6 Å². The Bertz CT molecular complexity index is 304. The minimum absolute atomic E-state index is 0.0643. The molecule has 1 aliphatic heterocycles. The smallest absolute Gasteiger partial charge is 0.323 e. The number of amides is 1. The van der Waals surface area contributed by atoms with E-state index in [-0.39, 0.29) is 18.4 Å². The van der Waals surface area contributed by atoms with Gasteiger partial charge in [-0.3, -0.25) is 9.59 Å². The predicted molar refractivity (Wildman–Crippen MR) is 64.6 cm³/mol. The maximum absolute atomic E-state index is 12.2. The van der Waals surface area contributed by atoms with Crippen LogP contribution >= 0.6 is 0 Å². The van der Waals surface area contributed by atoms with Crippen molar-refractivity contribution < 1.29 is 14.7 Å². The lowest BCUT2D eigenvalue weighted by molar-refractivity contribution is -0.146. The van der Waals surface area contributed by atoms with E-state index in [1.807, 2.05) is 6.92 Å². The van der Waals surface area contributed by atoms with E-state index in [1.165, 1.54) is 4.90 Å². The molecule has 1 aliphatic rings. The van der Waals surface area contributed by atoms with Crippen molar-refractivity contribution in [2.45, 2.75) is 25.8 Å². The highest BCUT2D eigenvalue weighted by molar-refractivity contribution is 5.83. The Labute approximate surface area is 101 Å². The highest BCUT2D eigenvalue weighted by Gasteiger charge is 2.28. The number of nitrogens with one attached hydrogen (secondary N) is 1. The van der Waals surface area contributed by atoms with E-state index in [1.54, 1.807) is 6.08 Å². The SMILES string of the molecule is C=CCN(CC(=O)O)C(=O)C1CCNC(C)C1. The van der Waals surface area contributed by atoms with Crippen molar-refractivity contribution in [1.82, 2.24) is 10.2 Å². The van der Waals surface area contributed by atoms with Gasteiger partial charge in [0, 0.05) is 18.5 Å². The zero-order valence-electron chi connectivity index (χ0n) is 10.2. The largest absolute Gasteiger partial charge is 0.480 e.